The van der Waals surface area contributed by atoms with E-state index in [0.29, 0.717) is 19.3 Å². The van der Waals surface area contributed by atoms with Crippen LogP contribution in [0.2, 0.25) is 0 Å². The Bertz CT molecular complexity index is 605. The van der Waals surface area contributed by atoms with E-state index in [1.54, 1.807) is 0 Å². The van der Waals surface area contributed by atoms with Crippen LogP contribution in [0, 0.1) is 0 Å². The summed E-state index contributed by atoms with van der Waals surface area (Å²) < 4.78 is 5.53. The lowest BCUT2D eigenvalue weighted by Crippen LogP contribution is -2.52. The smallest absolute Gasteiger partial charge is 0.407 e. The summed E-state index contributed by atoms with van der Waals surface area (Å²) in [5.41, 5.74) is 0.552. The molecule has 0 saturated heterocycles. The molecule has 7 nitrogen and oxygen atoms in total. The quantitative estimate of drug-likeness (QED) is 0.621. The summed E-state index contributed by atoms with van der Waals surface area (Å²) in [4.78, 5) is 22.9. The molecule has 1 aromatic rings. The molecule has 26 heavy (non-hydrogen) atoms. The molecule has 1 aliphatic rings. The average molecular weight is 364 g/mol. The minimum Gasteiger partial charge on any atom is -0.465 e. The van der Waals surface area contributed by atoms with Crippen molar-refractivity contribution in [1.82, 2.24) is 10.6 Å². The van der Waals surface area contributed by atoms with Crippen molar-refractivity contribution in [2.45, 2.75) is 69.7 Å². The van der Waals surface area contributed by atoms with Gasteiger partial charge in [-0.15, -0.1) is 0 Å². The fourth-order valence-electron chi connectivity index (χ4n) is 3.19. The number of hydrogen-bond acceptors (Lipinski definition) is 4. The van der Waals surface area contributed by atoms with Gasteiger partial charge < -0.3 is 25.6 Å². The second-order valence-electron chi connectivity index (χ2n) is 7.41. The Balaban J connectivity index is 1.77. The number of carbonyl (C=O) groups excluding carboxylic acids is 1. The Kier molecular flexibility index (Phi) is 6.85. The van der Waals surface area contributed by atoms with Crippen LogP contribution in [0.1, 0.15) is 45.1 Å². The second kappa shape index (κ2) is 8.89. The van der Waals surface area contributed by atoms with Gasteiger partial charge in [0.2, 0.25) is 0 Å². The van der Waals surface area contributed by atoms with Gasteiger partial charge in [-0.2, -0.15) is 0 Å². The first-order valence-corrected chi connectivity index (χ1v) is 8.96. The number of alkyl carbamates (subject to hydrolysis) is 1. The molecule has 1 aliphatic carbocycles. The maximum Gasteiger partial charge on any atom is 0.407 e. The van der Waals surface area contributed by atoms with Gasteiger partial charge in [-0.05, 0) is 51.5 Å². The number of benzene rings is 1. The van der Waals surface area contributed by atoms with Crippen molar-refractivity contribution >= 4 is 12.2 Å². The number of amides is 2. The lowest BCUT2D eigenvalue weighted by molar-refractivity contribution is 0.0190. The Morgan fingerprint density at radius 3 is 2.50 bits per heavy atom. The van der Waals surface area contributed by atoms with Gasteiger partial charge in [0.05, 0.1) is 12.1 Å². The normalized spacial score (nSPS) is 23.1. The first-order valence-electron chi connectivity index (χ1n) is 8.96. The number of nitrogens with one attached hydrogen (secondary N) is 2. The van der Waals surface area contributed by atoms with Crippen molar-refractivity contribution in [1.29, 1.82) is 0 Å². The van der Waals surface area contributed by atoms with Gasteiger partial charge in [-0.25, -0.2) is 9.59 Å². The van der Waals surface area contributed by atoms with E-state index in [9.17, 15) is 14.7 Å². The molecule has 4 N–H and O–H groups in total. The molecule has 1 saturated carbocycles. The number of carbonyl (C=O) groups is 2. The predicted octanol–water partition coefficient (Wildman–Crippen LogP) is 2.67. The number of ether oxygens (including phenoxy) is 1. The van der Waals surface area contributed by atoms with Gasteiger partial charge >= 0.3 is 12.2 Å². The van der Waals surface area contributed by atoms with Crippen LogP contribution in [0.25, 0.3) is 0 Å². The first kappa shape index (κ1) is 20.0. The van der Waals surface area contributed by atoms with Crippen molar-refractivity contribution in [3.8, 4) is 0 Å². The highest BCUT2D eigenvalue weighted by Gasteiger charge is 2.32. The topological polar surface area (TPSA) is 108 Å². The lowest BCUT2D eigenvalue weighted by Gasteiger charge is -2.34. The van der Waals surface area contributed by atoms with E-state index >= 15 is 0 Å². The standard InChI is InChI=1S/C19H28N2O5/c1-19(2,11-10-13-6-4-3-5-7-13)26-18(25)21-15-9-8-14(12-16(15)22)20-17(23)24/h3-7,14-16,20,22H,8-12H2,1-2H3,(H,21,25)(H,23,24)/t14-,15-,16+/m0/s1. The maximum absolute atomic E-state index is 12.2. The number of rotatable bonds is 6. The largest absolute Gasteiger partial charge is 0.465 e. The third kappa shape index (κ3) is 6.55. The summed E-state index contributed by atoms with van der Waals surface area (Å²) in [5, 5.41) is 24.0. The number of carboxylic acid groups (broad SMARTS) is 1. The molecule has 0 aliphatic heterocycles. The van der Waals surface area contributed by atoms with Crippen LogP contribution in [0.5, 0.6) is 0 Å². The number of aliphatic hydroxyl groups excluding tert-OH is 1. The van der Waals surface area contributed by atoms with Crippen LogP contribution in [0.15, 0.2) is 30.3 Å². The van der Waals surface area contributed by atoms with Crippen molar-refractivity contribution in [3.05, 3.63) is 35.9 Å². The first-order chi connectivity index (χ1) is 12.2. The van der Waals surface area contributed by atoms with E-state index in [-0.39, 0.29) is 12.5 Å². The zero-order valence-electron chi connectivity index (χ0n) is 15.3. The van der Waals surface area contributed by atoms with Crippen LogP contribution in [0.3, 0.4) is 0 Å². The van der Waals surface area contributed by atoms with Gasteiger partial charge in [-0.3, -0.25) is 0 Å². The third-order valence-electron chi connectivity index (χ3n) is 4.68. The molecule has 0 unspecified atom stereocenters. The van der Waals surface area contributed by atoms with Gasteiger partial charge in [0.1, 0.15) is 5.60 Å². The fraction of sp³-hybridized carbons (Fsp3) is 0.579. The van der Waals surface area contributed by atoms with Crippen molar-refractivity contribution < 1.29 is 24.5 Å². The highest BCUT2D eigenvalue weighted by Crippen LogP contribution is 2.21. The highest BCUT2D eigenvalue weighted by molar-refractivity contribution is 5.68. The third-order valence-corrected chi connectivity index (χ3v) is 4.68. The zero-order valence-corrected chi connectivity index (χ0v) is 15.3. The molecule has 7 heteroatoms. The van der Waals surface area contributed by atoms with Crippen LogP contribution in [0.4, 0.5) is 9.59 Å². The minimum atomic E-state index is -1.10. The summed E-state index contributed by atoms with van der Waals surface area (Å²) in [6.45, 7) is 3.72. The molecule has 0 radical (unpaired) electrons. The minimum absolute atomic E-state index is 0.272. The molecule has 1 aromatic carbocycles. The predicted molar refractivity (Wildman–Crippen MR) is 97.1 cm³/mol. The summed E-state index contributed by atoms with van der Waals surface area (Å²) in [6.07, 6.45) is 0.342. The molecular formula is C19H28N2O5. The number of hydrogen-bond donors (Lipinski definition) is 4. The van der Waals surface area contributed by atoms with Crippen molar-refractivity contribution in [2.75, 3.05) is 0 Å². The highest BCUT2D eigenvalue weighted by atomic mass is 16.6. The second-order valence-corrected chi connectivity index (χ2v) is 7.41. The van der Waals surface area contributed by atoms with E-state index in [2.05, 4.69) is 10.6 Å². The SMILES string of the molecule is CC(C)(CCc1ccccc1)OC(=O)N[C@H]1CC[C@H](NC(=O)O)C[C@H]1O. The van der Waals surface area contributed by atoms with E-state index < -0.39 is 29.9 Å². The summed E-state index contributed by atoms with van der Waals surface area (Å²) in [6, 6.07) is 9.27. The zero-order chi connectivity index (χ0) is 19.2. The van der Waals surface area contributed by atoms with Crippen LogP contribution < -0.4 is 10.6 Å². The van der Waals surface area contributed by atoms with Gasteiger partial charge in [0.15, 0.2) is 0 Å². The van der Waals surface area contributed by atoms with Gasteiger partial charge in [0, 0.05) is 6.04 Å². The fourth-order valence-corrected chi connectivity index (χ4v) is 3.19. The molecule has 0 heterocycles. The average Bonchev–Trinajstić information content (AvgIpc) is 2.55. The van der Waals surface area contributed by atoms with Crippen molar-refractivity contribution in [2.24, 2.45) is 0 Å². The van der Waals surface area contributed by atoms with Crippen LogP contribution >= 0.6 is 0 Å². The number of aliphatic hydroxyl groups is 1. The monoisotopic (exact) mass is 364 g/mol. The molecular weight excluding hydrogens is 336 g/mol. The Morgan fingerprint density at radius 1 is 1.19 bits per heavy atom. The molecule has 144 valence electrons. The molecule has 2 amide bonds. The Labute approximate surface area is 153 Å². The van der Waals surface area contributed by atoms with Crippen LogP contribution in [-0.4, -0.2) is 46.2 Å². The van der Waals surface area contributed by atoms with E-state index in [1.807, 2.05) is 44.2 Å². The molecule has 2 rings (SSSR count). The summed E-state index contributed by atoms with van der Waals surface area (Å²) in [7, 11) is 0. The molecule has 0 bridgehead atoms. The van der Waals surface area contributed by atoms with E-state index in [0.717, 1.165) is 6.42 Å². The maximum atomic E-state index is 12.2. The Hall–Kier alpha value is -2.28. The molecule has 3 atom stereocenters. The molecule has 0 aromatic heterocycles. The molecule has 0 spiro atoms. The van der Waals surface area contributed by atoms with Gasteiger partial charge in [0.25, 0.3) is 0 Å². The number of aryl methyl sites for hydroxylation is 1. The van der Waals surface area contributed by atoms with Crippen LogP contribution in [-0.2, 0) is 11.2 Å². The van der Waals surface area contributed by atoms with Gasteiger partial charge in [-0.1, -0.05) is 30.3 Å². The lowest BCUT2D eigenvalue weighted by atomic mass is 9.89. The Morgan fingerprint density at radius 2 is 1.88 bits per heavy atom. The van der Waals surface area contributed by atoms with E-state index in [1.165, 1.54) is 5.56 Å². The molecule has 1 fully saturated rings. The summed E-state index contributed by atoms with van der Waals surface area (Å²) in [5.74, 6) is 0. The van der Waals surface area contributed by atoms with Crippen molar-refractivity contribution in [3.63, 3.8) is 0 Å². The van der Waals surface area contributed by atoms with E-state index in [4.69, 9.17) is 9.84 Å². The summed E-state index contributed by atoms with van der Waals surface area (Å²) >= 11 is 0.